The van der Waals surface area contributed by atoms with Crippen molar-refractivity contribution in [1.29, 1.82) is 0 Å². The summed E-state index contributed by atoms with van der Waals surface area (Å²) in [4.78, 5) is 0.288. The largest absolute Gasteiger partial charge is 0.378 e. The second-order valence-electron chi connectivity index (χ2n) is 4.47. The minimum Gasteiger partial charge on any atom is -0.378 e. The normalized spacial score (nSPS) is 11.5. The number of anilines is 1. The molecular weight excluding hydrogens is 278 g/mol. The Hall–Kier alpha value is -1.96. The van der Waals surface area contributed by atoms with E-state index in [4.69, 9.17) is 0 Å². The van der Waals surface area contributed by atoms with Crippen molar-refractivity contribution >= 4 is 15.5 Å². The number of rotatable bonds is 6. The second kappa shape index (κ2) is 6.00. The quantitative estimate of drug-likeness (QED) is 0.858. The minimum absolute atomic E-state index is 0.288. The van der Waals surface area contributed by atoms with E-state index in [2.05, 4.69) is 27.8 Å². The highest BCUT2D eigenvalue weighted by Crippen LogP contribution is 2.15. The number of sulfone groups is 1. The molecule has 1 heterocycles. The van der Waals surface area contributed by atoms with Crippen LogP contribution in [0.3, 0.4) is 0 Å². The Morgan fingerprint density at radius 1 is 1.35 bits per heavy atom. The summed E-state index contributed by atoms with van der Waals surface area (Å²) < 4.78 is 24.7. The van der Waals surface area contributed by atoms with Gasteiger partial charge in [-0.05, 0) is 35.0 Å². The molecule has 0 aliphatic rings. The summed E-state index contributed by atoms with van der Waals surface area (Å²) in [6, 6.07) is 6.68. The van der Waals surface area contributed by atoms with Crippen molar-refractivity contribution in [2.24, 2.45) is 0 Å². The van der Waals surface area contributed by atoms with Gasteiger partial charge in [-0.3, -0.25) is 0 Å². The van der Waals surface area contributed by atoms with Crippen molar-refractivity contribution in [3.8, 4) is 0 Å². The average molecular weight is 295 g/mol. The molecule has 0 saturated carbocycles. The lowest BCUT2D eigenvalue weighted by molar-refractivity contribution is 0.558. The number of tetrazole rings is 1. The number of nitrogens with one attached hydrogen (secondary N) is 1. The topological polar surface area (TPSA) is 89.8 Å². The number of nitrogens with zero attached hydrogens (tertiary/aromatic N) is 4. The van der Waals surface area contributed by atoms with Crippen LogP contribution >= 0.6 is 0 Å². The van der Waals surface area contributed by atoms with Crippen molar-refractivity contribution in [1.82, 2.24) is 20.2 Å². The molecule has 0 atom stereocenters. The predicted octanol–water partition coefficient (Wildman–Crippen LogP) is 1.10. The second-order valence-corrected chi connectivity index (χ2v) is 6.49. The van der Waals surface area contributed by atoms with Crippen LogP contribution in [0.15, 0.2) is 29.2 Å². The fourth-order valence-corrected chi connectivity index (χ4v) is 2.42. The van der Waals surface area contributed by atoms with Crippen molar-refractivity contribution in [2.75, 3.05) is 11.6 Å². The van der Waals surface area contributed by atoms with Gasteiger partial charge in [0.1, 0.15) is 0 Å². The van der Waals surface area contributed by atoms with Gasteiger partial charge in [-0.1, -0.05) is 13.0 Å². The zero-order chi connectivity index (χ0) is 14.6. The van der Waals surface area contributed by atoms with Crippen molar-refractivity contribution in [3.05, 3.63) is 30.1 Å². The van der Waals surface area contributed by atoms with Crippen LogP contribution in [0.25, 0.3) is 0 Å². The van der Waals surface area contributed by atoms with E-state index >= 15 is 0 Å². The molecule has 1 N–H and O–H groups in total. The maximum atomic E-state index is 11.5. The third-order valence-electron chi connectivity index (χ3n) is 2.75. The van der Waals surface area contributed by atoms with Crippen molar-refractivity contribution in [3.63, 3.8) is 0 Å². The van der Waals surface area contributed by atoms with E-state index < -0.39 is 9.84 Å². The molecule has 0 saturated heterocycles. The summed E-state index contributed by atoms with van der Waals surface area (Å²) in [5, 5.41) is 14.6. The van der Waals surface area contributed by atoms with E-state index in [1.165, 1.54) is 6.26 Å². The van der Waals surface area contributed by atoms with Gasteiger partial charge >= 0.3 is 0 Å². The maximum absolute atomic E-state index is 11.5. The van der Waals surface area contributed by atoms with E-state index in [9.17, 15) is 8.42 Å². The molecule has 0 aliphatic carbocycles. The molecule has 2 aromatic rings. The molecule has 0 spiro atoms. The fourth-order valence-electron chi connectivity index (χ4n) is 1.75. The molecule has 1 aromatic heterocycles. The van der Waals surface area contributed by atoms with Crippen LogP contribution < -0.4 is 5.32 Å². The number of aromatic nitrogens is 4. The van der Waals surface area contributed by atoms with E-state index in [0.29, 0.717) is 6.54 Å². The van der Waals surface area contributed by atoms with Crippen molar-refractivity contribution < 1.29 is 8.42 Å². The van der Waals surface area contributed by atoms with Crippen molar-refractivity contribution in [2.45, 2.75) is 31.3 Å². The summed E-state index contributed by atoms with van der Waals surface area (Å²) in [5.74, 6) is 0.719. The first-order chi connectivity index (χ1) is 9.50. The average Bonchev–Trinajstić information content (AvgIpc) is 2.84. The van der Waals surface area contributed by atoms with Crippen LogP contribution in [0.5, 0.6) is 0 Å². The molecule has 2 rings (SSSR count). The molecule has 0 radical (unpaired) electrons. The van der Waals surface area contributed by atoms with Gasteiger partial charge in [0.25, 0.3) is 0 Å². The monoisotopic (exact) mass is 295 g/mol. The maximum Gasteiger partial charge on any atom is 0.175 e. The zero-order valence-corrected chi connectivity index (χ0v) is 12.3. The Kier molecular flexibility index (Phi) is 4.33. The molecule has 7 nitrogen and oxygen atoms in total. The van der Waals surface area contributed by atoms with Gasteiger partial charge in [-0.15, -0.1) is 5.10 Å². The summed E-state index contributed by atoms with van der Waals surface area (Å²) in [6.07, 6.45) is 2.13. The Labute approximate surface area is 117 Å². The number of benzene rings is 1. The van der Waals surface area contributed by atoms with Crippen LogP contribution in [0.1, 0.15) is 19.2 Å². The lowest BCUT2D eigenvalue weighted by atomic mass is 10.3. The first-order valence-electron chi connectivity index (χ1n) is 6.29. The van der Waals surface area contributed by atoms with Crippen LogP contribution in [0.2, 0.25) is 0 Å². The third-order valence-corrected chi connectivity index (χ3v) is 3.86. The Morgan fingerprint density at radius 2 is 2.15 bits per heavy atom. The van der Waals surface area contributed by atoms with Gasteiger partial charge < -0.3 is 5.32 Å². The minimum atomic E-state index is -3.20. The van der Waals surface area contributed by atoms with Crippen LogP contribution in [-0.4, -0.2) is 34.9 Å². The first-order valence-corrected chi connectivity index (χ1v) is 8.19. The highest BCUT2D eigenvalue weighted by atomic mass is 32.2. The van der Waals surface area contributed by atoms with E-state index in [0.717, 1.165) is 24.5 Å². The standard InChI is InChI=1S/C12H17N5O2S/c1-3-7-17-12(14-15-16-17)9-13-10-5-4-6-11(8-10)20(2,18)19/h4-6,8,13H,3,7,9H2,1-2H3. The lowest BCUT2D eigenvalue weighted by Gasteiger charge is -2.07. The number of aryl methyl sites for hydroxylation is 1. The lowest BCUT2D eigenvalue weighted by Crippen LogP contribution is -2.10. The summed E-state index contributed by atoms with van der Waals surface area (Å²) in [6.45, 7) is 3.25. The highest BCUT2D eigenvalue weighted by molar-refractivity contribution is 7.90. The zero-order valence-electron chi connectivity index (χ0n) is 11.4. The predicted molar refractivity (Wildman–Crippen MR) is 75.0 cm³/mol. The fraction of sp³-hybridized carbons (Fsp3) is 0.417. The molecular formula is C12H17N5O2S. The molecule has 0 aliphatic heterocycles. The number of hydrogen-bond donors (Lipinski definition) is 1. The third kappa shape index (κ3) is 3.53. The van der Waals surface area contributed by atoms with Crippen LogP contribution in [-0.2, 0) is 22.9 Å². The molecule has 0 fully saturated rings. The van der Waals surface area contributed by atoms with E-state index in [1.807, 2.05) is 6.07 Å². The van der Waals surface area contributed by atoms with Crippen LogP contribution in [0, 0.1) is 0 Å². The van der Waals surface area contributed by atoms with Gasteiger partial charge in [0.05, 0.1) is 11.4 Å². The highest BCUT2D eigenvalue weighted by Gasteiger charge is 2.08. The van der Waals surface area contributed by atoms with Gasteiger partial charge in [-0.2, -0.15) is 0 Å². The Balaban J connectivity index is 2.09. The number of hydrogen-bond acceptors (Lipinski definition) is 6. The van der Waals surface area contributed by atoms with Gasteiger partial charge in [0.15, 0.2) is 15.7 Å². The van der Waals surface area contributed by atoms with Gasteiger partial charge in [-0.25, -0.2) is 13.1 Å². The van der Waals surface area contributed by atoms with Gasteiger partial charge in [0, 0.05) is 18.5 Å². The molecule has 1 aromatic carbocycles. The van der Waals surface area contributed by atoms with E-state index in [1.54, 1.807) is 22.9 Å². The molecule has 0 bridgehead atoms. The van der Waals surface area contributed by atoms with Gasteiger partial charge in [0.2, 0.25) is 0 Å². The van der Waals surface area contributed by atoms with Crippen LogP contribution in [0.4, 0.5) is 5.69 Å². The molecule has 8 heteroatoms. The SMILES string of the molecule is CCCn1nnnc1CNc1cccc(S(C)(=O)=O)c1. The molecule has 108 valence electrons. The molecule has 0 amide bonds. The smallest absolute Gasteiger partial charge is 0.175 e. The summed E-state index contributed by atoms with van der Waals surface area (Å²) in [5.41, 5.74) is 0.721. The van der Waals surface area contributed by atoms with E-state index in [-0.39, 0.29) is 4.90 Å². The Bertz CT molecular complexity index is 681. The summed E-state index contributed by atoms with van der Waals surface area (Å²) in [7, 11) is -3.20. The summed E-state index contributed by atoms with van der Waals surface area (Å²) >= 11 is 0. The Morgan fingerprint density at radius 3 is 2.85 bits per heavy atom. The first kappa shape index (κ1) is 14.4. The molecule has 0 unspecified atom stereocenters. The molecule has 20 heavy (non-hydrogen) atoms.